The van der Waals surface area contributed by atoms with Gasteiger partial charge in [0.15, 0.2) is 6.17 Å². The summed E-state index contributed by atoms with van der Waals surface area (Å²) in [7, 11) is -3.15. The van der Waals surface area contributed by atoms with E-state index in [0.717, 1.165) is 16.7 Å². The van der Waals surface area contributed by atoms with E-state index in [1.165, 1.54) is 7.11 Å². The largest absolute Gasteiger partial charge is 0.381 e. The van der Waals surface area contributed by atoms with Crippen molar-refractivity contribution in [3.63, 3.8) is 0 Å². The van der Waals surface area contributed by atoms with Gasteiger partial charge < -0.3 is 29.0 Å². The van der Waals surface area contributed by atoms with E-state index in [2.05, 4.69) is 51.4 Å². The Balaban J connectivity index is 1.70. The summed E-state index contributed by atoms with van der Waals surface area (Å²) in [5, 5.41) is 0. The van der Waals surface area contributed by atoms with Crippen molar-refractivity contribution in [3.05, 3.63) is 120 Å². The Kier molecular flexibility index (Phi) is 9.53. The second kappa shape index (κ2) is 13.3. The Hall–Kier alpha value is -3.67. The standard InChI is InChI=1S/C31H36N5O6P/c1-4-41-30(43(37,38)39)42-23(2)20-35-21-33-28(34-40-3)27-29(35)36(22-32-27)31(24-14-8-5-9-15-24,25-16-10-6-11-17-25)26-18-12-7-13-19-26/h5-19,21-23,28,30,34H,4,20H2,1-3H3,(H2,37,38,39)/t23-,28?,30+/m0/s1. The van der Waals surface area contributed by atoms with Crippen LogP contribution in [0.25, 0.3) is 0 Å². The lowest BCUT2D eigenvalue weighted by Crippen LogP contribution is -2.43. The molecule has 1 aliphatic heterocycles. The highest BCUT2D eigenvalue weighted by atomic mass is 31.2. The Morgan fingerprint density at radius 1 is 0.953 bits per heavy atom. The second-order valence-electron chi connectivity index (χ2n) is 10.1. The van der Waals surface area contributed by atoms with Crippen molar-refractivity contribution >= 4 is 19.8 Å². The summed E-state index contributed by atoms with van der Waals surface area (Å²) in [6, 6.07) is 28.9. The second-order valence-corrected chi connectivity index (χ2v) is 11.7. The zero-order valence-electron chi connectivity index (χ0n) is 24.2. The maximum atomic E-state index is 12.0. The molecule has 0 spiro atoms. The summed E-state index contributed by atoms with van der Waals surface area (Å²) in [4.78, 5) is 36.2. The van der Waals surface area contributed by atoms with E-state index in [1.807, 2.05) is 59.5 Å². The van der Waals surface area contributed by atoms with E-state index < -0.39 is 31.4 Å². The van der Waals surface area contributed by atoms with Gasteiger partial charge in [0.2, 0.25) is 0 Å². The Morgan fingerprint density at radius 2 is 1.49 bits per heavy atom. The topological polar surface area (TPSA) is 131 Å². The molecule has 3 atom stereocenters. The van der Waals surface area contributed by atoms with Crippen molar-refractivity contribution in [2.45, 2.75) is 37.7 Å². The molecule has 0 saturated carbocycles. The molecular weight excluding hydrogens is 569 g/mol. The van der Waals surface area contributed by atoms with E-state index in [4.69, 9.17) is 19.3 Å². The molecule has 12 heteroatoms. The minimum absolute atomic E-state index is 0.0860. The minimum atomic E-state index is -4.67. The molecule has 11 nitrogen and oxygen atoms in total. The number of imidazole rings is 1. The van der Waals surface area contributed by atoms with Crippen LogP contribution in [0.5, 0.6) is 0 Å². The number of rotatable bonds is 13. The number of aromatic nitrogens is 2. The number of hydrogen-bond donors (Lipinski definition) is 3. The number of anilines is 1. The van der Waals surface area contributed by atoms with Crippen molar-refractivity contribution < 1.29 is 28.7 Å². The molecule has 5 rings (SSSR count). The summed E-state index contributed by atoms with van der Waals surface area (Å²) in [5.41, 5.74) is 5.68. The van der Waals surface area contributed by atoms with Crippen LogP contribution < -0.4 is 10.4 Å². The maximum Gasteiger partial charge on any atom is 0.381 e. The first kappa shape index (κ1) is 30.8. The van der Waals surface area contributed by atoms with Gasteiger partial charge >= 0.3 is 7.60 Å². The third-order valence-corrected chi connectivity index (χ3v) is 8.03. The predicted molar refractivity (Wildman–Crippen MR) is 164 cm³/mol. The van der Waals surface area contributed by atoms with Gasteiger partial charge in [0.05, 0.1) is 32.4 Å². The molecule has 0 bridgehead atoms. The number of ether oxygens (including phenoxy) is 2. The average Bonchev–Trinajstić information content (AvgIpc) is 3.46. The molecule has 0 aliphatic carbocycles. The molecule has 1 aromatic heterocycles. The quantitative estimate of drug-likeness (QED) is 0.0865. The molecule has 3 aromatic carbocycles. The normalized spacial score (nSPS) is 16.6. The van der Waals surface area contributed by atoms with Gasteiger partial charge in [0.25, 0.3) is 6.03 Å². The van der Waals surface area contributed by atoms with Gasteiger partial charge in [-0.3, -0.25) is 9.13 Å². The fourth-order valence-electron chi connectivity index (χ4n) is 5.52. The van der Waals surface area contributed by atoms with E-state index in [-0.39, 0.29) is 13.2 Å². The van der Waals surface area contributed by atoms with Gasteiger partial charge in [0, 0.05) is 6.61 Å². The van der Waals surface area contributed by atoms with Crippen LogP contribution in [0.3, 0.4) is 0 Å². The van der Waals surface area contributed by atoms with Gasteiger partial charge in [0.1, 0.15) is 17.1 Å². The summed E-state index contributed by atoms with van der Waals surface area (Å²) in [6.07, 6.45) is 2.20. The predicted octanol–water partition coefficient (Wildman–Crippen LogP) is 4.62. The highest BCUT2D eigenvalue weighted by Crippen LogP contribution is 2.46. The molecule has 1 unspecified atom stereocenters. The van der Waals surface area contributed by atoms with Crippen LogP contribution in [0.2, 0.25) is 0 Å². The molecule has 0 radical (unpaired) electrons. The number of aliphatic imine (C=N–C) groups is 1. The van der Waals surface area contributed by atoms with E-state index in [1.54, 1.807) is 26.5 Å². The van der Waals surface area contributed by atoms with Crippen molar-refractivity contribution in [2.75, 3.05) is 25.2 Å². The van der Waals surface area contributed by atoms with Crippen LogP contribution in [0, 0.1) is 0 Å². The van der Waals surface area contributed by atoms with Gasteiger partial charge in [-0.2, -0.15) is 5.48 Å². The number of benzene rings is 3. The summed E-state index contributed by atoms with van der Waals surface area (Å²) >= 11 is 0. The lowest BCUT2D eigenvalue weighted by Gasteiger charge is -2.41. The molecule has 0 saturated heterocycles. The summed E-state index contributed by atoms with van der Waals surface area (Å²) < 4.78 is 25.1. The molecule has 3 N–H and O–H groups in total. The molecular formula is C31H36N5O6P. The molecule has 226 valence electrons. The SMILES string of the molecule is CCO[C@H](O[C@@H](C)CN1C=NC(NOC)c2ncn(C(c3ccccc3)(c3ccccc3)c3ccccc3)c21)P(=O)(O)O. The van der Waals surface area contributed by atoms with Crippen molar-refractivity contribution in [1.29, 1.82) is 0 Å². The van der Waals surface area contributed by atoms with Gasteiger partial charge in [-0.15, -0.1) is 0 Å². The third-order valence-electron chi connectivity index (χ3n) is 7.21. The van der Waals surface area contributed by atoms with Crippen LogP contribution in [0.15, 0.2) is 102 Å². The number of hydroxylamine groups is 1. The zero-order chi connectivity index (χ0) is 30.5. The molecule has 2 heterocycles. The first-order chi connectivity index (χ1) is 20.8. The van der Waals surface area contributed by atoms with Gasteiger partial charge in [-0.1, -0.05) is 91.0 Å². The van der Waals surface area contributed by atoms with Crippen molar-refractivity contribution in [3.8, 4) is 0 Å². The lowest BCUT2D eigenvalue weighted by atomic mass is 9.76. The third kappa shape index (κ3) is 6.20. The van der Waals surface area contributed by atoms with Crippen molar-refractivity contribution in [2.24, 2.45) is 4.99 Å². The monoisotopic (exact) mass is 605 g/mol. The van der Waals surface area contributed by atoms with Gasteiger partial charge in [-0.25, -0.2) is 9.98 Å². The number of nitrogens with one attached hydrogen (secondary N) is 1. The molecule has 4 aromatic rings. The van der Waals surface area contributed by atoms with Gasteiger partial charge in [-0.05, 0) is 30.5 Å². The molecule has 0 fully saturated rings. The number of fused-ring (bicyclic) bond motifs is 1. The Morgan fingerprint density at radius 3 is 1.95 bits per heavy atom. The first-order valence-electron chi connectivity index (χ1n) is 14.0. The first-order valence-corrected chi connectivity index (χ1v) is 15.6. The van der Waals surface area contributed by atoms with Crippen LogP contribution >= 0.6 is 7.60 Å². The highest BCUT2D eigenvalue weighted by Gasteiger charge is 2.43. The molecule has 1 aliphatic rings. The van der Waals surface area contributed by atoms with Crippen LogP contribution in [0.1, 0.15) is 42.4 Å². The van der Waals surface area contributed by atoms with Crippen LogP contribution in [-0.2, 0) is 24.4 Å². The zero-order valence-corrected chi connectivity index (χ0v) is 25.1. The van der Waals surface area contributed by atoms with E-state index >= 15 is 0 Å². The minimum Gasteiger partial charge on any atom is -0.343 e. The Bertz CT molecular complexity index is 1450. The fraction of sp³-hybridized carbons (Fsp3) is 0.290. The lowest BCUT2D eigenvalue weighted by molar-refractivity contribution is -0.122. The fourth-order valence-corrected chi connectivity index (χ4v) is 6.23. The average molecular weight is 606 g/mol. The molecule has 43 heavy (non-hydrogen) atoms. The Labute approximate surface area is 250 Å². The van der Waals surface area contributed by atoms with Crippen LogP contribution in [0.4, 0.5) is 5.82 Å². The molecule has 0 amide bonds. The number of hydrogen-bond acceptors (Lipinski definition) is 8. The summed E-state index contributed by atoms with van der Waals surface area (Å²) in [6.45, 7) is 3.66. The maximum absolute atomic E-state index is 12.0. The van der Waals surface area contributed by atoms with E-state index in [0.29, 0.717) is 11.5 Å². The summed E-state index contributed by atoms with van der Waals surface area (Å²) in [5.74, 6) is 0.709. The van der Waals surface area contributed by atoms with E-state index in [9.17, 15) is 14.4 Å². The van der Waals surface area contributed by atoms with Crippen LogP contribution in [-0.4, -0.2) is 58.1 Å². The van der Waals surface area contributed by atoms with Crippen molar-refractivity contribution in [1.82, 2.24) is 15.0 Å². The highest BCUT2D eigenvalue weighted by molar-refractivity contribution is 7.52. The number of nitrogens with zero attached hydrogens (tertiary/aromatic N) is 4. The smallest absolute Gasteiger partial charge is 0.343 e.